The number of ether oxygens (including phenoxy) is 1. The molecule has 256 valence electrons. The Morgan fingerprint density at radius 2 is 1.69 bits per heavy atom. The smallest absolute Gasteiger partial charge is 0.410 e. The number of nitrogens with zero attached hydrogens (tertiary/aromatic N) is 6. The summed E-state index contributed by atoms with van der Waals surface area (Å²) in [5.41, 5.74) is 3.85. The van der Waals surface area contributed by atoms with Crippen LogP contribution in [-0.2, 0) is 22.4 Å². The first-order valence-corrected chi connectivity index (χ1v) is 17.7. The number of carbonyl (C=O) groups is 3. The zero-order valence-corrected chi connectivity index (χ0v) is 28.0. The molecule has 0 saturated carbocycles. The summed E-state index contributed by atoms with van der Waals surface area (Å²) >= 11 is 0. The number of carbonyl (C=O) groups excluding carboxylic acids is 3. The summed E-state index contributed by atoms with van der Waals surface area (Å²) in [4.78, 5) is 51.4. The predicted molar refractivity (Wildman–Crippen MR) is 184 cm³/mol. The highest BCUT2D eigenvalue weighted by Crippen LogP contribution is 2.26. The summed E-state index contributed by atoms with van der Waals surface area (Å²) in [7, 11) is 2.18. The molecule has 4 aliphatic rings. The zero-order valence-electron chi connectivity index (χ0n) is 28.0. The average Bonchev–Trinajstić information content (AvgIpc) is 3.33. The number of anilines is 1. The first-order valence-electron chi connectivity index (χ1n) is 17.7. The van der Waals surface area contributed by atoms with Crippen LogP contribution in [0.4, 0.5) is 15.3 Å². The Balaban J connectivity index is 0.994. The lowest BCUT2D eigenvalue weighted by atomic mass is 10.0. The van der Waals surface area contributed by atoms with Crippen LogP contribution >= 0.6 is 0 Å². The van der Waals surface area contributed by atoms with Gasteiger partial charge in [-0.25, -0.2) is 9.59 Å². The van der Waals surface area contributed by atoms with Gasteiger partial charge in [0.1, 0.15) is 0 Å². The lowest BCUT2D eigenvalue weighted by Gasteiger charge is -2.38. The highest BCUT2D eigenvalue weighted by Gasteiger charge is 2.35. The maximum Gasteiger partial charge on any atom is 0.410 e. The Morgan fingerprint density at radius 1 is 0.896 bits per heavy atom. The first-order chi connectivity index (χ1) is 23.4. The van der Waals surface area contributed by atoms with Crippen molar-refractivity contribution >= 4 is 34.6 Å². The van der Waals surface area contributed by atoms with E-state index < -0.39 is 12.2 Å². The molecule has 3 aromatic rings. The van der Waals surface area contributed by atoms with Gasteiger partial charge in [0.15, 0.2) is 6.10 Å². The molecular weight excluding hydrogens is 608 g/mol. The van der Waals surface area contributed by atoms with Crippen molar-refractivity contribution in [3.8, 4) is 0 Å². The maximum absolute atomic E-state index is 14.2. The number of H-pyrrole nitrogens is 1. The SMILES string of the molecule is CN1CCC(N2CCCN(C(=O)[C@@H](Cc3ccc4[nH]ncc4c3)OC(=O)N3CCC(N4CCc5ccccc5NC4=O)CC3)CC2)CC1. The fourth-order valence-corrected chi connectivity index (χ4v) is 7.89. The molecule has 0 spiro atoms. The number of benzene rings is 2. The van der Waals surface area contributed by atoms with Gasteiger partial charge < -0.3 is 29.7 Å². The van der Waals surface area contributed by atoms with Gasteiger partial charge in [-0.2, -0.15) is 5.10 Å². The van der Waals surface area contributed by atoms with Gasteiger partial charge in [-0.3, -0.25) is 14.8 Å². The van der Waals surface area contributed by atoms with Crippen LogP contribution in [0.15, 0.2) is 48.7 Å². The highest BCUT2D eigenvalue weighted by atomic mass is 16.6. The molecule has 7 rings (SSSR count). The first kappa shape index (κ1) is 32.4. The minimum absolute atomic E-state index is 0.0343. The number of amides is 4. The lowest BCUT2D eigenvalue weighted by molar-refractivity contribution is -0.140. The van der Waals surface area contributed by atoms with Crippen LogP contribution in [0.25, 0.3) is 10.9 Å². The molecule has 0 unspecified atom stereocenters. The third kappa shape index (κ3) is 7.29. The number of hydrogen-bond acceptors (Lipinski definition) is 7. The Morgan fingerprint density at radius 3 is 2.52 bits per heavy atom. The summed E-state index contributed by atoms with van der Waals surface area (Å²) in [6.45, 7) is 6.91. The number of hydrogen-bond donors (Lipinski definition) is 2. The molecule has 5 heterocycles. The minimum atomic E-state index is -0.927. The third-order valence-corrected chi connectivity index (χ3v) is 10.8. The molecule has 1 atom stereocenters. The molecule has 0 radical (unpaired) electrons. The molecule has 4 amide bonds. The van der Waals surface area contributed by atoms with Gasteiger partial charge in [-0.1, -0.05) is 24.3 Å². The van der Waals surface area contributed by atoms with Crippen LogP contribution < -0.4 is 5.32 Å². The van der Waals surface area contributed by atoms with Crippen molar-refractivity contribution in [2.45, 2.75) is 63.1 Å². The second-order valence-electron chi connectivity index (χ2n) is 13.9. The number of rotatable bonds is 6. The van der Waals surface area contributed by atoms with Gasteiger partial charge in [-0.15, -0.1) is 0 Å². The summed E-state index contributed by atoms with van der Waals surface area (Å²) < 4.78 is 6.12. The van der Waals surface area contributed by atoms with Crippen molar-refractivity contribution in [3.63, 3.8) is 0 Å². The molecule has 2 aromatic carbocycles. The van der Waals surface area contributed by atoms with Crippen LogP contribution in [0.1, 0.15) is 43.2 Å². The molecule has 12 nitrogen and oxygen atoms in total. The summed E-state index contributed by atoms with van der Waals surface area (Å²) in [5, 5.41) is 11.1. The van der Waals surface area contributed by atoms with Crippen molar-refractivity contribution in [1.29, 1.82) is 0 Å². The standard InChI is InChI=1S/C36H48N8O4/c1-40-16-10-29(11-17-40)41-14-4-15-42(22-21-41)34(45)33(24-26-7-8-32-28(23-26)25-37-39-32)48-36(47)43-18-12-30(13-19-43)44-20-9-27-5-2-3-6-31(27)38-35(44)46/h2-3,5-8,23,25,29-30,33H,4,9-22,24H2,1H3,(H,37,39)(H,38,46)/t33-/m1/s1. The molecule has 3 saturated heterocycles. The normalized spacial score (nSPS) is 21.4. The van der Waals surface area contributed by atoms with E-state index in [0.29, 0.717) is 58.0 Å². The van der Waals surface area contributed by atoms with Crippen molar-refractivity contribution in [3.05, 3.63) is 59.8 Å². The second kappa shape index (κ2) is 14.5. The number of aromatic amines is 1. The number of fused-ring (bicyclic) bond motifs is 2. The van der Waals surface area contributed by atoms with E-state index in [1.54, 1.807) is 11.1 Å². The number of para-hydroxylation sites is 1. The second-order valence-corrected chi connectivity index (χ2v) is 13.9. The molecule has 48 heavy (non-hydrogen) atoms. The molecule has 4 aliphatic heterocycles. The monoisotopic (exact) mass is 656 g/mol. The van der Waals surface area contributed by atoms with E-state index in [2.05, 4.69) is 38.4 Å². The molecule has 2 N–H and O–H groups in total. The fourth-order valence-electron chi connectivity index (χ4n) is 7.89. The Hall–Kier alpha value is -4.16. The van der Waals surface area contributed by atoms with E-state index in [1.807, 2.05) is 46.2 Å². The average molecular weight is 657 g/mol. The van der Waals surface area contributed by atoms with Gasteiger partial charge in [0, 0.05) is 75.4 Å². The highest BCUT2D eigenvalue weighted by molar-refractivity contribution is 5.91. The molecule has 0 aliphatic carbocycles. The Bertz CT molecular complexity index is 1600. The van der Waals surface area contributed by atoms with Gasteiger partial charge in [0.2, 0.25) is 0 Å². The van der Waals surface area contributed by atoms with E-state index in [4.69, 9.17) is 4.74 Å². The van der Waals surface area contributed by atoms with Crippen molar-refractivity contribution in [2.75, 3.05) is 71.3 Å². The van der Waals surface area contributed by atoms with E-state index in [9.17, 15) is 14.4 Å². The van der Waals surface area contributed by atoms with Gasteiger partial charge >= 0.3 is 12.1 Å². The molecule has 1 aromatic heterocycles. The van der Waals surface area contributed by atoms with Gasteiger partial charge in [0.25, 0.3) is 5.91 Å². The van der Waals surface area contributed by atoms with Gasteiger partial charge in [0.05, 0.1) is 11.7 Å². The number of aromatic nitrogens is 2. The van der Waals surface area contributed by atoms with E-state index in [1.165, 1.54) is 0 Å². The Labute approximate surface area is 282 Å². The van der Waals surface area contributed by atoms with Gasteiger partial charge in [-0.05, 0) is 88.0 Å². The molecule has 3 fully saturated rings. The number of urea groups is 1. The third-order valence-electron chi connectivity index (χ3n) is 10.8. The zero-order chi connectivity index (χ0) is 33.0. The fraction of sp³-hybridized carbons (Fsp3) is 0.556. The predicted octanol–water partition coefficient (Wildman–Crippen LogP) is 3.79. The largest absolute Gasteiger partial charge is 0.436 e. The molecule has 0 bridgehead atoms. The number of piperidine rings is 2. The van der Waals surface area contributed by atoms with E-state index >= 15 is 0 Å². The van der Waals surface area contributed by atoms with Crippen molar-refractivity contribution < 1.29 is 19.1 Å². The topological polar surface area (TPSA) is 117 Å². The quantitative estimate of drug-likeness (QED) is 0.415. The van der Waals surface area contributed by atoms with Crippen LogP contribution in [0.5, 0.6) is 0 Å². The summed E-state index contributed by atoms with van der Waals surface area (Å²) in [5.74, 6) is -0.128. The maximum atomic E-state index is 14.2. The van der Waals surface area contributed by atoms with E-state index in [-0.39, 0.29) is 18.0 Å². The summed E-state index contributed by atoms with van der Waals surface area (Å²) in [6.07, 6.45) is 6.01. The van der Waals surface area contributed by atoms with Crippen LogP contribution in [0.2, 0.25) is 0 Å². The van der Waals surface area contributed by atoms with Crippen molar-refractivity contribution in [2.24, 2.45) is 0 Å². The van der Waals surface area contributed by atoms with E-state index in [0.717, 1.165) is 79.6 Å². The lowest BCUT2D eigenvalue weighted by Crippen LogP contribution is -2.51. The molecule has 12 heteroatoms. The number of nitrogens with one attached hydrogen (secondary N) is 2. The summed E-state index contributed by atoms with van der Waals surface area (Å²) in [6, 6.07) is 14.4. The number of likely N-dealkylation sites (tertiary alicyclic amines) is 2. The molecular formula is C36H48N8O4. The van der Waals surface area contributed by atoms with Crippen LogP contribution in [0, 0.1) is 0 Å². The Kier molecular flexibility index (Phi) is 9.81. The minimum Gasteiger partial charge on any atom is -0.436 e. The van der Waals surface area contributed by atoms with Crippen LogP contribution in [-0.4, -0.2) is 137 Å². The van der Waals surface area contributed by atoms with Crippen molar-refractivity contribution in [1.82, 2.24) is 34.7 Å². The van der Waals surface area contributed by atoms with Crippen LogP contribution in [0.3, 0.4) is 0 Å².